The second kappa shape index (κ2) is 3.12. The van der Waals surface area contributed by atoms with Gasteiger partial charge in [0.1, 0.15) is 0 Å². The monoisotopic (exact) mass is 195 g/mol. The van der Waals surface area contributed by atoms with Gasteiger partial charge in [0.25, 0.3) is 0 Å². The molecule has 0 aliphatic carbocycles. The highest BCUT2D eigenvalue weighted by Crippen LogP contribution is 2.17. The van der Waals surface area contributed by atoms with Crippen molar-refractivity contribution in [2.45, 2.75) is 26.3 Å². The minimum atomic E-state index is 0.193. The van der Waals surface area contributed by atoms with Crippen molar-refractivity contribution in [1.29, 1.82) is 0 Å². The second-order valence-corrected chi connectivity index (χ2v) is 4.25. The lowest BCUT2D eigenvalue weighted by atomic mass is 10.2. The highest BCUT2D eigenvalue weighted by atomic mass is 32.1. The van der Waals surface area contributed by atoms with Crippen molar-refractivity contribution in [3.05, 3.63) is 23.0 Å². The number of hydrogen-bond acceptors (Lipinski definition) is 3. The summed E-state index contributed by atoms with van der Waals surface area (Å²) in [7, 11) is 0. The van der Waals surface area contributed by atoms with Crippen LogP contribution in [0, 0.1) is 6.92 Å². The van der Waals surface area contributed by atoms with E-state index >= 15 is 0 Å². The number of nitrogens with zero attached hydrogens (tertiary/aromatic N) is 2. The molecule has 0 saturated carbocycles. The van der Waals surface area contributed by atoms with Gasteiger partial charge in [0, 0.05) is 29.7 Å². The fraction of sp³-hybridized carbons (Fsp3) is 0.444. The molecule has 70 valence electrons. The van der Waals surface area contributed by atoms with Gasteiger partial charge >= 0.3 is 0 Å². The predicted octanol–water partition coefficient (Wildman–Crippen LogP) is 1.59. The number of imidazole rings is 1. The summed E-state index contributed by atoms with van der Waals surface area (Å²) in [5, 5.41) is 2.05. The normalized spacial score (nSPS) is 13.8. The van der Waals surface area contributed by atoms with Gasteiger partial charge < -0.3 is 5.73 Å². The maximum Gasteiger partial charge on any atom is 0.194 e. The molecule has 0 aromatic carbocycles. The number of aryl methyl sites for hydroxylation is 1. The molecule has 0 aliphatic heterocycles. The minimum absolute atomic E-state index is 0.193. The van der Waals surface area contributed by atoms with Crippen molar-refractivity contribution in [3.63, 3.8) is 0 Å². The van der Waals surface area contributed by atoms with Crippen LogP contribution in [0.15, 0.2) is 11.6 Å². The molecule has 13 heavy (non-hydrogen) atoms. The number of aromatic nitrogens is 2. The van der Waals surface area contributed by atoms with Crippen LogP contribution in [0.1, 0.15) is 18.3 Å². The van der Waals surface area contributed by atoms with E-state index in [0.717, 1.165) is 17.1 Å². The molecule has 0 radical (unpaired) electrons. The second-order valence-electron chi connectivity index (χ2n) is 3.38. The number of rotatable bonds is 2. The third-order valence-corrected chi connectivity index (χ3v) is 2.83. The van der Waals surface area contributed by atoms with E-state index in [4.69, 9.17) is 5.73 Å². The Hall–Kier alpha value is -0.870. The fourth-order valence-electron chi connectivity index (χ4n) is 1.49. The van der Waals surface area contributed by atoms with E-state index in [1.54, 1.807) is 11.3 Å². The Kier molecular flexibility index (Phi) is 2.09. The van der Waals surface area contributed by atoms with Gasteiger partial charge in [0.2, 0.25) is 0 Å². The van der Waals surface area contributed by atoms with Gasteiger partial charge in [-0.3, -0.25) is 4.40 Å². The van der Waals surface area contributed by atoms with Crippen molar-refractivity contribution in [2.75, 3.05) is 0 Å². The summed E-state index contributed by atoms with van der Waals surface area (Å²) in [5.41, 5.74) is 8.12. The van der Waals surface area contributed by atoms with Crippen LogP contribution in [0.25, 0.3) is 4.96 Å². The molecule has 0 unspecified atom stereocenters. The van der Waals surface area contributed by atoms with Crippen molar-refractivity contribution in [3.8, 4) is 0 Å². The molecule has 2 rings (SSSR count). The Bertz CT molecular complexity index is 413. The number of fused-ring (bicyclic) bond motifs is 1. The van der Waals surface area contributed by atoms with Gasteiger partial charge in [0.15, 0.2) is 4.96 Å². The lowest BCUT2D eigenvalue weighted by Gasteiger charge is -2.04. The Balaban J connectivity index is 2.51. The van der Waals surface area contributed by atoms with E-state index < -0.39 is 0 Å². The molecule has 2 N–H and O–H groups in total. The molecule has 0 amide bonds. The van der Waals surface area contributed by atoms with Crippen LogP contribution in [-0.4, -0.2) is 15.4 Å². The molecule has 0 spiro atoms. The van der Waals surface area contributed by atoms with E-state index in [9.17, 15) is 0 Å². The Morgan fingerprint density at radius 3 is 3.15 bits per heavy atom. The fourth-order valence-corrected chi connectivity index (χ4v) is 2.27. The summed E-state index contributed by atoms with van der Waals surface area (Å²) in [6.07, 6.45) is 2.95. The van der Waals surface area contributed by atoms with Crippen LogP contribution in [0.4, 0.5) is 0 Å². The summed E-state index contributed by atoms with van der Waals surface area (Å²) in [6.45, 7) is 4.06. The van der Waals surface area contributed by atoms with Crippen LogP contribution >= 0.6 is 11.3 Å². The topological polar surface area (TPSA) is 43.3 Å². The lowest BCUT2D eigenvalue weighted by molar-refractivity contribution is 0.714. The first kappa shape index (κ1) is 8.72. The molecule has 4 heteroatoms. The lowest BCUT2D eigenvalue weighted by Crippen LogP contribution is -2.19. The van der Waals surface area contributed by atoms with Crippen LogP contribution in [0.2, 0.25) is 0 Å². The molecule has 2 heterocycles. The number of nitrogens with two attached hydrogens (primary N) is 1. The van der Waals surface area contributed by atoms with Crippen molar-refractivity contribution >= 4 is 16.3 Å². The summed E-state index contributed by atoms with van der Waals surface area (Å²) in [6, 6.07) is 0.193. The zero-order valence-electron chi connectivity index (χ0n) is 7.82. The molecule has 0 saturated heterocycles. The van der Waals surface area contributed by atoms with E-state index in [0.29, 0.717) is 0 Å². The van der Waals surface area contributed by atoms with E-state index in [-0.39, 0.29) is 6.04 Å². The molecule has 2 aromatic heterocycles. The summed E-state index contributed by atoms with van der Waals surface area (Å²) in [5.74, 6) is 0. The first-order chi connectivity index (χ1) is 6.18. The standard InChI is InChI=1S/C9H13N3S/c1-6(10)5-8-7(2)11-9-12(8)3-4-13-9/h3-4,6H,5,10H2,1-2H3/t6-/m0/s1. The van der Waals surface area contributed by atoms with Gasteiger partial charge in [-0.1, -0.05) is 0 Å². The molecule has 3 nitrogen and oxygen atoms in total. The summed E-state index contributed by atoms with van der Waals surface area (Å²) < 4.78 is 2.13. The maximum atomic E-state index is 5.77. The van der Waals surface area contributed by atoms with E-state index in [1.807, 2.05) is 19.2 Å². The Morgan fingerprint density at radius 1 is 1.69 bits per heavy atom. The third kappa shape index (κ3) is 1.47. The van der Waals surface area contributed by atoms with Gasteiger partial charge in [-0.25, -0.2) is 4.98 Å². The van der Waals surface area contributed by atoms with E-state index in [1.165, 1.54) is 5.69 Å². The quantitative estimate of drug-likeness (QED) is 0.791. The molecular formula is C9H13N3S. The smallest absolute Gasteiger partial charge is 0.194 e. The van der Waals surface area contributed by atoms with Crippen LogP contribution in [-0.2, 0) is 6.42 Å². The maximum absolute atomic E-state index is 5.77. The molecule has 1 atom stereocenters. The van der Waals surface area contributed by atoms with Gasteiger partial charge in [0.05, 0.1) is 5.69 Å². The predicted molar refractivity (Wildman–Crippen MR) is 55.2 cm³/mol. The van der Waals surface area contributed by atoms with Crippen LogP contribution < -0.4 is 5.73 Å². The molecule has 2 aromatic rings. The number of hydrogen-bond donors (Lipinski definition) is 1. The molecule has 0 fully saturated rings. The van der Waals surface area contributed by atoms with Gasteiger partial charge in [-0.05, 0) is 13.8 Å². The minimum Gasteiger partial charge on any atom is -0.328 e. The first-order valence-corrected chi connectivity index (χ1v) is 5.23. The van der Waals surface area contributed by atoms with Crippen molar-refractivity contribution in [1.82, 2.24) is 9.38 Å². The summed E-state index contributed by atoms with van der Waals surface area (Å²) in [4.78, 5) is 5.52. The first-order valence-electron chi connectivity index (χ1n) is 4.35. The SMILES string of the molecule is Cc1nc2sccn2c1C[C@H](C)N. The van der Waals surface area contributed by atoms with Gasteiger partial charge in [-0.15, -0.1) is 11.3 Å². The van der Waals surface area contributed by atoms with Crippen LogP contribution in [0.5, 0.6) is 0 Å². The molecule has 0 aliphatic rings. The Labute approximate surface area is 81.2 Å². The Morgan fingerprint density at radius 2 is 2.46 bits per heavy atom. The average Bonchev–Trinajstić information content (AvgIpc) is 2.55. The van der Waals surface area contributed by atoms with E-state index in [2.05, 4.69) is 15.6 Å². The highest BCUT2D eigenvalue weighted by molar-refractivity contribution is 7.15. The van der Waals surface area contributed by atoms with Gasteiger partial charge in [-0.2, -0.15) is 0 Å². The number of thiazole rings is 1. The van der Waals surface area contributed by atoms with Crippen LogP contribution in [0.3, 0.4) is 0 Å². The van der Waals surface area contributed by atoms with Crippen molar-refractivity contribution < 1.29 is 0 Å². The highest BCUT2D eigenvalue weighted by Gasteiger charge is 2.10. The zero-order valence-corrected chi connectivity index (χ0v) is 8.64. The average molecular weight is 195 g/mol. The zero-order chi connectivity index (χ0) is 9.42. The largest absolute Gasteiger partial charge is 0.328 e. The molecule has 0 bridgehead atoms. The van der Waals surface area contributed by atoms with Crippen molar-refractivity contribution in [2.24, 2.45) is 5.73 Å². The molecular weight excluding hydrogens is 182 g/mol. The third-order valence-electron chi connectivity index (χ3n) is 2.08. The summed E-state index contributed by atoms with van der Waals surface area (Å²) >= 11 is 1.66.